The van der Waals surface area contributed by atoms with Crippen molar-refractivity contribution in [3.63, 3.8) is 0 Å². The molecule has 2 saturated heterocycles. The monoisotopic (exact) mass is 198 g/mol. The van der Waals surface area contributed by atoms with Gasteiger partial charge < -0.3 is 14.2 Å². The van der Waals surface area contributed by atoms with Crippen LogP contribution in [0.5, 0.6) is 0 Å². The van der Waals surface area contributed by atoms with E-state index < -0.39 is 0 Å². The maximum Gasteiger partial charge on any atom is 0.187 e. The van der Waals surface area contributed by atoms with Crippen molar-refractivity contribution in [2.45, 2.75) is 63.1 Å². The van der Waals surface area contributed by atoms with E-state index in [4.69, 9.17) is 14.2 Å². The highest BCUT2D eigenvalue weighted by molar-refractivity contribution is 4.86. The minimum atomic E-state index is -0.266. The van der Waals surface area contributed by atoms with E-state index in [1.54, 1.807) is 0 Å². The Bertz CT molecular complexity index is 195. The molecule has 3 aliphatic rings. The second kappa shape index (κ2) is 3.47. The van der Waals surface area contributed by atoms with Gasteiger partial charge in [-0.05, 0) is 25.7 Å². The van der Waals surface area contributed by atoms with Crippen LogP contribution in [0, 0.1) is 0 Å². The molecule has 2 unspecified atom stereocenters. The van der Waals surface area contributed by atoms with Crippen molar-refractivity contribution in [3.05, 3.63) is 0 Å². The lowest BCUT2D eigenvalue weighted by molar-refractivity contribution is -0.223. The number of hydrogen-bond donors (Lipinski definition) is 0. The zero-order chi connectivity index (χ0) is 9.43. The highest BCUT2D eigenvalue weighted by atomic mass is 16.8. The van der Waals surface area contributed by atoms with Gasteiger partial charge in [0.05, 0.1) is 0 Å². The number of fused-ring (bicyclic) bond motifs is 1. The third-order valence-corrected chi connectivity index (χ3v) is 3.53. The van der Waals surface area contributed by atoms with E-state index in [-0.39, 0.29) is 18.2 Å². The minimum absolute atomic E-state index is 0.0677. The van der Waals surface area contributed by atoms with Crippen LogP contribution in [0.25, 0.3) is 0 Å². The van der Waals surface area contributed by atoms with Gasteiger partial charge in [-0.25, -0.2) is 0 Å². The van der Waals surface area contributed by atoms with Gasteiger partial charge in [-0.15, -0.1) is 0 Å². The summed E-state index contributed by atoms with van der Waals surface area (Å²) < 4.78 is 17.6. The fraction of sp³-hybridized carbons (Fsp3) is 1.00. The van der Waals surface area contributed by atoms with Crippen LogP contribution < -0.4 is 0 Å². The quantitative estimate of drug-likeness (QED) is 0.597. The molecule has 0 aromatic carbocycles. The third kappa shape index (κ3) is 1.47. The highest BCUT2D eigenvalue weighted by Gasteiger charge is 2.49. The van der Waals surface area contributed by atoms with Gasteiger partial charge >= 0.3 is 0 Å². The third-order valence-electron chi connectivity index (χ3n) is 3.53. The number of ether oxygens (including phenoxy) is 3. The molecule has 1 spiro atoms. The van der Waals surface area contributed by atoms with Crippen LogP contribution in [0.15, 0.2) is 0 Å². The summed E-state index contributed by atoms with van der Waals surface area (Å²) in [5.74, 6) is -0.266. The normalized spacial score (nSPS) is 41.1. The lowest BCUT2D eigenvalue weighted by Crippen LogP contribution is -2.33. The Morgan fingerprint density at radius 1 is 0.929 bits per heavy atom. The van der Waals surface area contributed by atoms with E-state index in [2.05, 4.69) is 0 Å². The van der Waals surface area contributed by atoms with Crippen molar-refractivity contribution in [1.82, 2.24) is 0 Å². The average molecular weight is 198 g/mol. The Labute approximate surface area is 84.7 Å². The van der Waals surface area contributed by atoms with E-state index in [0.29, 0.717) is 0 Å². The summed E-state index contributed by atoms with van der Waals surface area (Å²) in [6.07, 6.45) is 8.27. The summed E-state index contributed by atoms with van der Waals surface area (Å²) in [5, 5.41) is 0. The van der Waals surface area contributed by atoms with Crippen molar-refractivity contribution in [1.29, 1.82) is 0 Å². The first-order valence-corrected chi connectivity index (χ1v) is 5.85. The summed E-state index contributed by atoms with van der Waals surface area (Å²) >= 11 is 0. The summed E-state index contributed by atoms with van der Waals surface area (Å²) in [6, 6.07) is 0. The van der Waals surface area contributed by atoms with Crippen LogP contribution in [0.4, 0.5) is 0 Å². The van der Waals surface area contributed by atoms with Gasteiger partial charge in [-0.3, -0.25) is 0 Å². The molecule has 2 heterocycles. The summed E-state index contributed by atoms with van der Waals surface area (Å²) in [4.78, 5) is 0. The van der Waals surface area contributed by atoms with E-state index in [9.17, 15) is 0 Å². The first-order valence-electron chi connectivity index (χ1n) is 5.85. The fourth-order valence-corrected chi connectivity index (χ4v) is 2.79. The molecule has 0 amide bonds. The molecule has 3 rings (SSSR count). The zero-order valence-corrected chi connectivity index (χ0v) is 8.54. The van der Waals surface area contributed by atoms with Crippen molar-refractivity contribution >= 4 is 0 Å². The molecule has 0 bridgehead atoms. The standard InChI is InChI=1S/C11H18O3/c1-2-6-11(7-3-1)13-9-5-4-8-12-10(9)14-11/h9-10H,1-8H2. The van der Waals surface area contributed by atoms with Crippen LogP contribution in [0.2, 0.25) is 0 Å². The molecule has 14 heavy (non-hydrogen) atoms. The van der Waals surface area contributed by atoms with Crippen molar-refractivity contribution in [3.8, 4) is 0 Å². The molecule has 0 N–H and O–H groups in total. The highest BCUT2D eigenvalue weighted by Crippen LogP contribution is 2.42. The van der Waals surface area contributed by atoms with Gasteiger partial charge in [-0.2, -0.15) is 0 Å². The van der Waals surface area contributed by atoms with E-state index >= 15 is 0 Å². The SMILES string of the molecule is C1CCC2(CC1)OC1CCCOC1O2. The van der Waals surface area contributed by atoms with Crippen molar-refractivity contribution in [2.24, 2.45) is 0 Å². The molecular formula is C11H18O3. The van der Waals surface area contributed by atoms with Gasteiger partial charge in [0.25, 0.3) is 0 Å². The Morgan fingerprint density at radius 3 is 2.57 bits per heavy atom. The summed E-state index contributed by atoms with van der Waals surface area (Å²) in [7, 11) is 0. The van der Waals surface area contributed by atoms with Crippen LogP contribution in [0.1, 0.15) is 44.9 Å². The topological polar surface area (TPSA) is 27.7 Å². The van der Waals surface area contributed by atoms with Gasteiger partial charge in [0.15, 0.2) is 12.1 Å². The maximum absolute atomic E-state index is 6.05. The fourth-order valence-electron chi connectivity index (χ4n) is 2.79. The smallest absolute Gasteiger partial charge is 0.187 e. The Hall–Kier alpha value is -0.120. The van der Waals surface area contributed by atoms with Gasteiger partial charge in [0.1, 0.15) is 6.10 Å². The Kier molecular flexibility index (Phi) is 2.26. The number of hydrogen-bond acceptors (Lipinski definition) is 3. The number of rotatable bonds is 0. The molecule has 0 radical (unpaired) electrons. The summed E-state index contributed by atoms with van der Waals surface area (Å²) in [6.45, 7) is 0.834. The maximum atomic E-state index is 6.05. The molecule has 3 heteroatoms. The van der Waals surface area contributed by atoms with Gasteiger partial charge in [-0.1, -0.05) is 6.42 Å². The van der Waals surface area contributed by atoms with Crippen LogP contribution in [0.3, 0.4) is 0 Å². The lowest BCUT2D eigenvalue weighted by atomic mass is 9.94. The molecule has 1 saturated carbocycles. The lowest BCUT2D eigenvalue weighted by Gasteiger charge is -2.31. The average Bonchev–Trinajstić information content (AvgIpc) is 2.56. The van der Waals surface area contributed by atoms with Crippen molar-refractivity contribution < 1.29 is 14.2 Å². The van der Waals surface area contributed by atoms with Crippen molar-refractivity contribution in [2.75, 3.05) is 6.61 Å². The molecule has 0 aromatic heterocycles. The van der Waals surface area contributed by atoms with Crippen LogP contribution in [-0.4, -0.2) is 24.8 Å². The van der Waals surface area contributed by atoms with Crippen LogP contribution in [-0.2, 0) is 14.2 Å². The van der Waals surface area contributed by atoms with E-state index in [1.165, 1.54) is 19.3 Å². The predicted molar refractivity (Wildman–Crippen MR) is 50.7 cm³/mol. The Morgan fingerprint density at radius 2 is 1.79 bits per heavy atom. The molecular weight excluding hydrogens is 180 g/mol. The molecule has 2 atom stereocenters. The summed E-state index contributed by atoms with van der Waals surface area (Å²) in [5.41, 5.74) is 0. The zero-order valence-electron chi connectivity index (χ0n) is 8.54. The Balaban J connectivity index is 1.71. The van der Waals surface area contributed by atoms with E-state index in [1.807, 2.05) is 0 Å². The molecule has 3 fully saturated rings. The molecule has 3 nitrogen and oxygen atoms in total. The van der Waals surface area contributed by atoms with Gasteiger partial charge in [0, 0.05) is 19.4 Å². The van der Waals surface area contributed by atoms with E-state index in [0.717, 1.165) is 32.3 Å². The first kappa shape index (κ1) is 9.13. The molecule has 2 aliphatic heterocycles. The first-order chi connectivity index (χ1) is 6.88. The molecule has 1 aliphatic carbocycles. The van der Waals surface area contributed by atoms with Crippen LogP contribution >= 0.6 is 0 Å². The minimum Gasteiger partial charge on any atom is -0.350 e. The van der Waals surface area contributed by atoms with Gasteiger partial charge in [0.2, 0.25) is 0 Å². The second-order valence-electron chi connectivity index (χ2n) is 4.63. The second-order valence-corrected chi connectivity index (χ2v) is 4.63. The predicted octanol–water partition coefficient (Wildman–Crippen LogP) is 2.20. The largest absolute Gasteiger partial charge is 0.350 e. The molecule has 80 valence electrons. The molecule has 0 aromatic rings.